The summed E-state index contributed by atoms with van der Waals surface area (Å²) >= 11 is 0. The van der Waals surface area contributed by atoms with Gasteiger partial charge >= 0.3 is 0 Å². The maximum absolute atomic E-state index is 13.2. The predicted octanol–water partition coefficient (Wildman–Crippen LogP) is 2.99. The minimum Gasteiger partial charge on any atom is -0.497 e. The minimum absolute atomic E-state index is 0.0716. The third-order valence-electron chi connectivity index (χ3n) is 5.07. The first-order valence-electron chi connectivity index (χ1n) is 8.62. The number of hydrogen-bond acceptors (Lipinski definition) is 3. The second kappa shape index (κ2) is 6.27. The van der Waals surface area contributed by atoms with Crippen molar-refractivity contribution in [2.75, 3.05) is 13.7 Å². The highest BCUT2D eigenvalue weighted by molar-refractivity contribution is 6.01. The normalized spacial score (nSPS) is 17.4. The third-order valence-corrected chi connectivity index (χ3v) is 5.07. The lowest BCUT2D eigenvalue weighted by Crippen LogP contribution is -2.38. The quantitative estimate of drug-likeness (QED) is 0.795. The van der Waals surface area contributed by atoms with Crippen LogP contribution in [0.1, 0.15) is 28.9 Å². The molecule has 1 aliphatic rings. The largest absolute Gasteiger partial charge is 0.497 e. The van der Waals surface area contributed by atoms with Crippen molar-refractivity contribution in [3.8, 4) is 5.75 Å². The molecule has 1 atom stereocenters. The van der Waals surface area contributed by atoms with Gasteiger partial charge in [-0.15, -0.1) is 0 Å². The lowest BCUT2D eigenvalue weighted by molar-refractivity contribution is 0.0716. The molecule has 4 rings (SSSR count). The number of methoxy groups -OCH3 is 1. The molecule has 1 aromatic carbocycles. The smallest absolute Gasteiger partial charge is 0.270 e. The molecular formula is C19H22N4O2. The number of carbonyl (C=O) groups excluding carboxylic acids is 1. The molecule has 0 radical (unpaired) electrons. The van der Waals surface area contributed by atoms with Crippen LogP contribution in [-0.4, -0.2) is 45.3 Å². The zero-order valence-electron chi connectivity index (χ0n) is 14.5. The molecular weight excluding hydrogens is 316 g/mol. The van der Waals surface area contributed by atoms with Gasteiger partial charge in [-0.2, -0.15) is 5.10 Å². The van der Waals surface area contributed by atoms with Crippen LogP contribution in [0.3, 0.4) is 0 Å². The minimum atomic E-state index is 0.0716. The number of aryl methyl sites for hydroxylation is 1. The van der Waals surface area contributed by atoms with Crippen molar-refractivity contribution in [2.45, 2.75) is 32.4 Å². The molecule has 1 aliphatic heterocycles. The lowest BCUT2D eigenvalue weighted by atomic mass is 10.1. The van der Waals surface area contributed by atoms with Gasteiger partial charge in [0.1, 0.15) is 11.4 Å². The average molecular weight is 338 g/mol. The number of carbonyl (C=O) groups is 1. The topological polar surface area (TPSA) is 63.2 Å². The van der Waals surface area contributed by atoms with Crippen LogP contribution in [-0.2, 0) is 6.54 Å². The SMILES string of the molecule is COc1ccc2[nH]c(C(=O)N3CCC[C@@H]3Cn3cccn3)c(C)c2c1. The van der Waals surface area contributed by atoms with E-state index >= 15 is 0 Å². The van der Waals surface area contributed by atoms with Crippen molar-refractivity contribution in [2.24, 2.45) is 0 Å². The van der Waals surface area contributed by atoms with Crippen LogP contribution in [0.25, 0.3) is 10.9 Å². The maximum atomic E-state index is 13.2. The second-order valence-corrected chi connectivity index (χ2v) is 6.56. The van der Waals surface area contributed by atoms with Gasteiger partial charge in [0.15, 0.2) is 0 Å². The monoisotopic (exact) mass is 338 g/mol. The van der Waals surface area contributed by atoms with Crippen LogP contribution in [0.5, 0.6) is 5.75 Å². The Kier molecular flexibility index (Phi) is 3.95. The Morgan fingerprint density at radius 1 is 1.44 bits per heavy atom. The Labute approximate surface area is 146 Å². The van der Waals surface area contributed by atoms with E-state index in [-0.39, 0.29) is 11.9 Å². The van der Waals surface area contributed by atoms with Crippen LogP contribution in [0.15, 0.2) is 36.7 Å². The zero-order valence-corrected chi connectivity index (χ0v) is 14.5. The lowest BCUT2D eigenvalue weighted by Gasteiger charge is -2.24. The molecule has 1 amide bonds. The average Bonchev–Trinajstić information content (AvgIpc) is 3.36. The standard InChI is InChI=1S/C19H22N4O2/c1-13-16-11-15(25-2)6-7-17(16)21-18(13)19(24)23-10-3-5-14(23)12-22-9-4-8-20-22/h4,6-9,11,14,21H,3,5,10,12H2,1-2H3/t14-/m1/s1. The van der Waals surface area contributed by atoms with Crippen LogP contribution < -0.4 is 4.74 Å². The van der Waals surface area contributed by atoms with Gasteiger partial charge in [0.05, 0.1) is 19.7 Å². The van der Waals surface area contributed by atoms with Crippen molar-refractivity contribution >= 4 is 16.8 Å². The van der Waals surface area contributed by atoms with Gasteiger partial charge in [0.2, 0.25) is 0 Å². The highest BCUT2D eigenvalue weighted by Gasteiger charge is 2.31. The van der Waals surface area contributed by atoms with Gasteiger partial charge in [-0.3, -0.25) is 9.48 Å². The third kappa shape index (κ3) is 2.77. The van der Waals surface area contributed by atoms with Crippen molar-refractivity contribution in [1.82, 2.24) is 19.7 Å². The molecule has 0 aliphatic carbocycles. The van der Waals surface area contributed by atoms with Crippen molar-refractivity contribution < 1.29 is 9.53 Å². The Morgan fingerprint density at radius 3 is 3.08 bits per heavy atom. The molecule has 25 heavy (non-hydrogen) atoms. The Morgan fingerprint density at radius 2 is 2.32 bits per heavy atom. The van der Waals surface area contributed by atoms with Gasteiger partial charge in [-0.25, -0.2) is 0 Å². The van der Waals surface area contributed by atoms with E-state index in [4.69, 9.17) is 4.74 Å². The summed E-state index contributed by atoms with van der Waals surface area (Å²) in [5, 5.41) is 5.31. The van der Waals surface area contributed by atoms with E-state index in [9.17, 15) is 4.79 Å². The number of rotatable bonds is 4. The van der Waals surface area contributed by atoms with E-state index in [0.29, 0.717) is 5.69 Å². The molecule has 0 bridgehead atoms. The second-order valence-electron chi connectivity index (χ2n) is 6.56. The molecule has 0 spiro atoms. The number of likely N-dealkylation sites (tertiary alicyclic amines) is 1. The van der Waals surface area contributed by atoms with Gasteiger partial charge in [-0.1, -0.05) is 0 Å². The first kappa shape index (κ1) is 15.7. The highest BCUT2D eigenvalue weighted by Crippen LogP contribution is 2.28. The van der Waals surface area contributed by atoms with Crippen molar-refractivity contribution in [3.63, 3.8) is 0 Å². The summed E-state index contributed by atoms with van der Waals surface area (Å²) in [6.45, 7) is 3.53. The van der Waals surface area contributed by atoms with Gasteiger partial charge in [-0.05, 0) is 49.6 Å². The van der Waals surface area contributed by atoms with E-state index in [1.165, 1.54) is 0 Å². The number of fused-ring (bicyclic) bond motifs is 1. The van der Waals surface area contributed by atoms with E-state index in [1.807, 2.05) is 47.0 Å². The summed E-state index contributed by atoms with van der Waals surface area (Å²) in [4.78, 5) is 18.4. The number of nitrogens with one attached hydrogen (secondary N) is 1. The predicted molar refractivity (Wildman–Crippen MR) is 95.9 cm³/mol. The molecule has 1 fully saturated rings. The molecule has 2 aromatic heterocycles. The first-order valence-corrected chi connectivity index (χ1v) is 8.62. The van der Waals surface area contributed by atoms with E-state index in [2.05, 4.69) is 10.1 Å². The van der Waals surface area contributed by atoms with Crippen LogP contribution in [0.2, 0.25) is 0 Å². The van der Waals surface area contributed by atoms with E-state index in [1.54, 1.807) is 13.3 Å². The van der Waals surface area contributed by atoms with E-state index < -0.39 is 0 Å². The number of nitrogens with zero attached hydrogens (tertiary/aromatic N) is 3. The van der Waals surface area contributed by atoms with Gasteiger partial charge in [0.25, 0.3) is 5.91 Å². The van der Waals surface area contributed by atoms with Gasteiger partial charge < -0.3 is 14.6 Å². The fourth-order valence-electron chi connectivity index (χ4n) is 3.71. The highest BCUT2D eigenvalue weighted by atomic mass is 16.5. The van der Waals surface area contributed by atoms with Gasteiger partial charge in [0, 0.05) is 29.8 Å². The van der Waals surface area contributed by atoms with Crippen molar-refractivity contribution in [3.05, 3.63) is 47.9 Å². The van der Waals surface area contributed by atoms with Crippen LogP contribution in [0, 0.1) is 6.92 Å². The summed E-state index contributed by atoms with van der Waals surface area (Å²) < 4.78 is 7.21. The number of amides is 1. The number of benzene rings is 1. The molecule has 0 saturated carbocycles. The number of ether oxygens (including phenoxy) is 1. The molecule has 130 valence electrons. The Balaban J connectivity index is 1.63. The summed E-state index contributed by atoms with van der Waals surface area (Å²) in [6, 6.07) is 7.94. The van der Waals surface area contributed by atoms with E-state index in [0.717, 1.165) is 48.1 Å². The fourth-order valence-corrected chi connectivity index (χ4v) is 3.71. The first-order chi connectivity index (χ1) is 12.2. The number of H-pyrrole nitrogens is 1. The molecule has 0 unspecified atom stereocenters. The molecule has 3 heterocycles. The summed E-state index contributed by atoms with van der Waals surface area (Å²) in [5.41, 5.74) is 2.61. The maximum Gasteiger partial charge on any atom is 0.270 e. The summed E-state index contributed by atoms with van der Waals surface area (Å²) in [6.07, 6.45) is 5.77. The fraction of sp³-hybridized carbons (Fsp3) is 0.368. The summed E-state index contributed by atoms with van der Waals surface area (Å²) in [5.74, 6) is 0.869. The zero-order chi connectivity index (χ0) is 17.4. The number of aromatic nitrogens is 3. The van der Waals surface area contributed by atoms with Crippen molar-refractivity contribution in [1.29, 1.82) is 0 Å². The molecule has 3 aromatic rings. The molecule has 1 saturated heterocycles. The molecule has 6 nitrogen and oxygen atoms in total. The number of aromatic amines is 1. The number of hydrogen-bond donors (Lipinski definition) is 1. The molecule has 6 heteroatoms. The Bertz CT molecular complexity index is 898. The van der Waals surface area contributed by atoms with Crippen LogP contribution >= 0.6 is 0 Å². The molecule has 1 N–H and O–H groups in total. The summed E-state index contributed by atoms with van der Waals surface area (Å²) in [7, 11) is 1.65. The Hall–Kier alpha value is -2.76. The van der Waals surface area contributed by atoms with Crippen LogP contribution in [0.4, 0.5) is 0 Å².